The Labute approximate surface area is 59.0 Å². The Hall–Kier alpha value is 0.617. The molecule has 0 bridgehead atoms. The SMILES string of the molecule is CC[Si](Br)(OC)OC. The molecule has 8 heavy (non-hydrogen) atoms. The van der Waals surface area contributed by atoms with E-state index in [1.54, 1.807) is 14.2 Å². The zero-order chi connectivity index (χ0) is 6.62. The number of rotatable bonds is 3. The molecule has 0 saturated heterocycles. The maximum absolute atomic E-state index is 5.07. The van der Waals surface area contributed by atoms with Crippen LogP contribution in [0.2, 0.25) is 6.04 Å². The van der Waals surface area contributed by atoms with Crippen LogP contribution in [0.3, 0.4) is 0 Å². The molecule has 0 aromatic heterocycles. The minimum Gasteiger partial charge on any atom is -0.390 e. The molecule has 0 amide bonds. The van der Waals surface area contributed by atoms with E-state index in [1.807, 2.05) is 6.92 Å². The van der Waals surface area contributed by atoms with E-state index in [2.05, 4.69) is 15.3 Å². The molecule has 0 saturated carbocycles. The van der Waals surface area contributed by atoms with Gasteiger partial charge < -0.3 is 8.85 Å². The standard InChI is InChI=1S/C4H11BrO2Si/c1-4-8(5,6-2)7-3/h4H2,1-3H3. The van der Waals surface area contributed by atoms with Crippen molar-refractivity contribution in [2.24, 2.45) is 0 Å². The van der Waals surface area contributed by atoms with Crippen molar-refractivity contribution < 1.29 is 8.85 Å². The molecule has 0 fully saturated rings. The lowest BCUT2D eigenvalue weighted by molar-refractivity contribution is 0.271. The van der Waals surface area contributed by atoms with Gasteiger partial charge in [-0.15, -0.1) is 0 Å². The molecule has 0 radical (unpaired) electrons. The highest BCUT2D eigenvalue weighted by Crippen LogP contribution is 2.17. The van der Waals surface area contributed by atoms with Crippen molar-refractivity contribution in [3.8, 4) is 0 Å². The fraction of sp³-hybridized carbons (Fsp3) is 1.00. The van der Waals surface area contributed by atoms with Crippen LogP contribution in [0.4, 0.5) is 0 Å². The molecule has 0 aliphatic rings. The summed E-state index contributed by atoms with van der Waals surface area (Å²) >= 11 is 3.38. The van der Waals surface area contributed by atoms with Crippen LogP contribution in [-0.4, -0.2) is 21.4 Å². The topological polar surface area (TPSA) is 18.5 Å². The summed E-state index contributed by atoms with van der Waals surface area (Å²) in [4.78, 5) is 0. The first-order valence-electron chi connectivity index (χ1n) is 2.47. The lowest BCUT2D eigenvalue weighted by Gasteiger charge is -2.17. The molecule has 0 aromatic carbocycles. The van der Waals surface area contributed by atoms with E-state index < -0.39 is 7.18 Å². The Balaban J connectivity index is 3.58. The molecule has 0 spiro atoms. The minimum absolute atomic E-state index is 0.931. The van der Waals surface area contributed by atoms with Crippen LogP contribution in [0, 0.1) is 0 Å². The zero-order valence-electron chi connectivity index (χ0n) is 5.40. The largest absolute Gasteiger partial charge is 0.413 e. The molecule has 50 valence electrons. The molecule has 0 rings (SSSR count). The smallest absolute Gasteiger partial charge is 0.390 e. The first-order valence-corrected chi connectivity index (χ1v) is 6.75. The second-order valence-corrected chi connectivity index (χ2v) is 7.89. The van der Waals surface area contributed by atoms with Crippen molar-refractivity contribution in [2.75, 3.05) is 14.2 Å². The average molecular weight is 199 g/mol. The van der Waals surface area contributed by atoms with Gasteiger partial charge in [-0.1, -0.05) is 22.2 Å². The maximum Gasteiger partial charge on any atom is 0.413 e. The average Bonchev–Trinajstić information content (AvgIpc) is 1.87. The summed E-state index contributed by atoms with van der Waals surface area (Å²) in [5.74, 6) is 0. The van der Waals surface area contributed by atoms with Crippen molar-refractivity contribution in [3.05, 3.63) is 0 Å². The fourth-order valence-electron chi connectivity index (χ4n) is 0.372. The van der Waals surface area contributed by atoms with Gasteiger partial charge in [0.15, 0.2) is 0 Å². The van der Waals surface area contributed by atoms with Gasteiger partial charge in [-0.25, -0.2) is 0 Å². The monoisotopic (exact) mass is 198 g/mol. The molecule has 0 aromatic rings. The van der Waals surface area contributed by atoms with E-state index in [0.29, 0.717) is 0 Å². The normalized spacial score (nSPS) is 12.0. The maximum atomic E-state index is 5.07. The number of halogens is 1. The summed E-state index contributed by atoms with van der Waals surface area (Å²) in [6.45, 7) is 2.04. The Kier molecular flexibility index (Phi) is 3.88. The summed E-state index contributed by atoms with van der Waals surface area (Å²) in [5, 5.41) is 0. The number of hydrogen-bond donors (Lipinski definition) is 0. The highest BCUT2D eigenvalue weighted by molar-refractivity contribution is 9.25. The van der Waals surface area contributed by atoms with Gasteiger partial charge in [-0.2, -0.15) is 0 Å². The van der Waals surface area contributed by atoms with Gasteiger partial charge in [0, 0.05) is 14.2 Å². The molecule has 0 atom stereocenters. The summed E-state index contributed by atoms with van der Waals surface area (Å²) in [5.41, 5.74) is 0. The van der Waals surface area contributed by atoms with Crippen molar-refractivity contribution in [3.63, 3.8) is 0 Å². The third-order valence-electron chi connectivity index (χ3n) is 1.03. The van der Waals surface area contributed by atoms with Crippen molar-refractivity contribution in [2.45, 2.75) is 13.0 Å². The molecular weight excluding hydrogens is 188 g/mol. The van der Waals surface area contributed by atoms with Crippen LogP contribution >= 0.6 is 15.3 Å². The lowest BCUT2D eigenvalue weighted by atomic mass is 11.0. The van der Waals surface area contributed by atoms with Crippen molar-refractivity contribution in [1.82, 2.24) is 0 Å². The van der Waals surface area contributed by atoms with E-state index in [9.17, 15) is 0 Å². The molecule has 0 aliphatic heterocycles. The van der Waals surface area contributed by atoms with E-state index >= 15 is 0 Å². The van der Waals surface area contributed by atoms with Gasteiger partial charge >= 0.3 is 7.18 Å². The second kappa shape index (κ2) is 3.61. The van der Waals surface area contributed by atoms with Crippen LogP contribution in [0.1, 0.15) is 6.92 Å². The van der Waals surface area contributed by atoms with Crippen LogP contribution in [-0.2, 0) is 8.85 Å². The van der Waals surface area contributed by atoms with E-state index in [0.717, 1.165) is 6.04 Å². The minimum atomic E-state index is -1.86. The quantitative estimate of drug-likeness (QED) is 0.508. The highest BCUT2D eigenvalue weighted by Gasteiger charge is 2.28. The van der Waals surface area contributed by atoms with Crippen LogP contribution in [0.25, 0.3) is 0 Å². The van der Waals surface area contributed by atoms with E-state index in [4.69, 9.17) is 8.85 Å². The molecule has 0 N–H and O–H groups in total. The summed E-state index contributed by atoms with van der Waals surface area (Å²) < 4.78 is 10.1. The van der Waals surface area contributed by atoms with Gasteiger partial charge in [0.1, 0.15) is 0 Å². The van der Waals surface area contributed by atoms with Gasteiger partial charge in [0.25, 0.3) is 0 Å². The molecule has 0 unspecified atom stereocenters. The Bertz CT molecular complexity index is 56.8. The summed E-state index contributed by atoms with van der Waals surface area (Å²) in [7, 11) is 1.46. The zero-order valence-corrected chi connectivity index (χ0v) is 7.99. The van der Waals surface area contributed by atoms with Crippen molar-refractivity contribution in [1.29, 1.82) is 0 Å². The number of hydrogen-bond acceptors (Lipinski definition) is 2. The van der Waals surface area contributed by atoms with Gasteiger partial charge in [0.2, 0.25) is 0 Å². The lowest BCUT2D eigenvalue weighted by Crippen LogP contribution is -2.31. The van der Waals surface area contributed by atoms with Crippen LogP contribution in [0.5, 0.6) is 0 Å². The van der Waals surface area contributed by atoms with E-state index in [1.165, 1.54) is 0 Å². The molecule has 4 heteroatoms. The Morgan fingerprint density at radius 1 is 1.38 bits per heavy atom. The van der Waals surface area contributed by atoms with Gasteiger partial charge in [-0.05, 0) is 6.04 Å². The summed E-state index contributed by atoms with van der Waals surface area (Å²) in [6, 6.07) is 0.931. The molecular formula is C4H11BrO2Si. The van der Waals surface area contributed by atoms with Crippen molar-refractivity contribution >= 4 is 22.5 Å². The first-order chi connectivity index (χ1) is 3.68. The molecule has 2 nitrogen and oxygen atoms in total. The van der Waals surface area contributed by atoms with E-state index in [-0.39, 0.29) is 0 Å². The predicted molar refractivity (Wildman–Crippen MR) is 39.2 cm³/mol. The van der Waals surface area contributed by atoms with Gasteiger partial charge in [-0.3, -0.25) is 0 Å². The fourth-order valence-corrected chi connectivity index (χ4v) is 1.12. The van der Waals surface area contributed by atoms with Crippen LogP contribution < -0.4 is 0 Å². The highest BCUT2D eigenvalue weighted by atomic mass is 79.9. The predicted octanol–water partition coefficient (Wildman–Crippen LogP) is 1.63. The molecule has 0 heterocycles. The third kappa shape index (κ3) is 2.26. The third-order valence-corrected chi connectivity index (χ3v) is 6.72. The Morgan fingerprint density at radius 3 is 1.75 bits per heavy atom. The second-order valence-electron chi connectivity index (χ2n) is 1.42. The Morgan fingerprint density at radius 2 is 1.75 bits per heavy atom. The summed E-state index contributed by atoms with van der Waals surface area (Å²) in [6.07, 6.45) is 0. The van der Waals surface area contributed by atoms with Crippen LogP contribution in [0.15, 0.2) is 0 Å². The van der Waals surface area contributed by atoms with Gasteiger partial charge in [0.05, 0.1) is 0 Å². The molecule has 0 aliphatic carbocycles. The first kappa shape index (κ1) is 8.62.